The van der Waals surface area contributed by atoms with E-state index in [1.165, 1.54) is 24.0 Å². The Balaban J connectivity index is 2.01. The number of fused-ring (bicyclic) bond motifs is 1. The molecule has 0 radical (unpaired) electrons. The molecule has 0 saturated carbocycles. The summed E-state index contributed by atoms with van der Waals surface area (Å²) in [6, 6.07) is 10.7. The molecule has 2 heterocycles. The van der Waals surface area contributed by atoms with Gasteiger partial charge in [0.2, 0.25) is 0 Å². The highest BCUT2D eigenvalue weighted by Gasteiger charge is 2.11. The summed E-state index contributed by atoms with van der Waals surface area (Å²) >= 11 is 1.40. The first-order valence-corrected chi connectivity index (χ1v) is 7.88. The number of pyridine rings is 1. The molecule has 0 bridgehead atoms. The predicted molar refractivity (Wildman–Crippen MR) is 86.9 cm³/mol. The van der Waals surface area contributed by atoms with Gasteiger partial charge in [-0.15, -0.1) is 0 Å². The number of hydrogen-bond donors (Lipinski definition) is 0. The van der Waals surface area contributed by atoms with Crippen LogP contribution >= 0.6 is 11.8 Å². The molecule has 22 heavy (non-hydrogen) atoms. The Labute approximate surface area is 132 Å². The molecule has 0 amide bonds. The van der Waals surface area contributed by atoms with Crippen LogP contribution < -0.4 is 10.4 Å². The van der Waals surface area contributed by atoms with Crippen molar-refractivity contribution in [2.45, 2.75) is 24.6 Å². The Bertz CT molecular complexity index is 902. The van der Waals surface area contributed by atoms with Crippen LogP contribution in [0.25, 0.3) is 11.0 Å². The largest absolute Gasteiger partial charge is 0.618 e. The third-order valence-electron chi connectivity index (χ3n) is 3.61. The summed E-state index contributed by atoms with van der Waals surface area (Å²) in [5.74, 6) is 0.539. The Morgan fingerprint density at radius 2 is 1.95 bits per heavy atom. The highest BCUT2D eigenvalue weighted by atomic mass is 32.2. The van der Waals surface area contributed by atoms with Crippen molar-refractivity contribution in [3.05, 3.63) is 74.9 Å². The molecule has 112 valence electrons. The molecule has 0 saturated heterocycles. The second-order valence-electron chi connectivity index (χ2n) is 5.18. The van der Waals surface area contributed by atoms with Crippen LogP contribution in [0.5, 0.6) is 0 Å². The van der Waals surface area contributed by atoms with E-state index >= 15 is 0 Å². The number of thioether (sulfide) groups is 1. The first-order chi connectivity index (χ1) is 10.5. The second-order valence-corrected chi connectivity index (χ2v) is 6.17. The van der Waals surface area contributed by atoms with E-state index in [1.54, 1.807) is 12.1 Å². The molecule has 0 N–H and O–H groups in total. The zero-order valence-corrected chi connectivity index (χ0v) is 13.1. The zero-order valence-electron chi connectivity index (χ0n) is 12.3. The van der Waals surface area contributed by atoms with Crippen LogP contribution in [0.4, 0.5) is 0 Å². The second kappa shape index (κ2) is 5.85. The Morgan fingerprint density at radius 1 is 1.18 bits per heavy atom. The maximum absolute atomic E-state index is 11.7. The molecular weight excluding hydrogens is 298 g/mol. The fourth-order valence-electron chi connectivity index (χ4n) is 2.28. The number of hydrogen-bond acceptors (Lipinski definition) is 4. The van der Waals surface area contributed by atoms with Crippen molar-refractivity contribution in [1.82, 2.24) is 0 Å². The Hall–Kier alpha value is -2.27. The first-order valence-electron chi connectivity index (χ1n) is 6.89. The molecule has 1 aromatic carbocycles. The van der Waals surface area contributed by atoms with Crippen LogP contribution in [0, 0.1) is 19.1 Å². The SMILES string of the molecule is Cc1cc2oc(=O)cc(CSc3cccc[n+]3[O-])c2cc1C. The van der Waals surface area contributed by atoms with E-state index in [-0.39, 0.29) is 5.63 Å². The summed E-state index contributed by atoms with van der Waals surface area (Å²) in [6.45, 7) is 4.01. The molecule has 3 aromatic rings. The molecule has 3 rings (SSSR count). The van der Waals surface area contributed by atoms with Crippen LogP contribution in [0.3, 0.4) is 0 Å². The van der Waals surface area contributed by atoms with Crippen molar-refractivity contribution < 1.29 is 9.15 Å². The number of nitrogens with zero attached hydrogens (tertiary/aromatic N) is 1. The van der Waals surface area contributed by atoms with Gasteiger partial charge in [0.25, 0.3) is 5.03 Å². The van der Waals surface area contributed by atoms with Crippen molar-refractivity contribution in [2.75, 3.05) is 0 Å². The lowest BCUT2D eigenvalue weighted by Crippen LogP contribution is -2.27. The molecule has 4 nitrogen and oxygen atoms in total. The van der Waals surface area contributed by atoms with Gasteiger partial charge < -0.3 is 9.62 Å². The van der Waals surface area contributed by atoms with Gasteiger partial charge in [0.1, 0.15) is 5.58 Å². The summed E-state index contributed by atoms with van der Waals surface area (Å²) in [4.78, 5) is 11.7. The maximum atomic E-state index is 11.7. The summed E-state index contributed by atoms with van der Waals surface area (Å²) in [5, 5.41) is 13.2. The lowest BCUT2D eigenvalue weighted by atomic mass is 10.0. The van der Waals surface area contributed by atoms with Gasteiger partial charge in [-0.2, -0.15) is 4.73 Å². The molecule has 0 unspecified atom stereocenters. The number of rotatable bonds is 3. The van der Waals surface area contributed by atoms with E-state index in [4.69, 9.17) is 4.42 Å². The van der Waals surface area contributed by atoms with Gasteiger partial charge in [0.15, 0.2) is 6.20 Å². The smallest absolute Gasteiger partial charge is 0.336 e. The van der Waals surface area contributed by atoms with E-state index in [0.717, 1.165) is 26.8 Å². The summed E-state index contributed by atoms with van der Waals surface area (Å²) in [5.41, 5.74) is 3.33. The number of benzene rings is 1. The average molecular weight is 313 g/mol. The van der Waals surface area contributed by atoms with Crippen LogP contribution in [-0.4, -0.2) is 0 Å². The summed E-state index contributed by atoms with van der Waals surface area (Å²) in [6.07, 6.45) is 1.47. The molecule has 2 aromatic heterocycles. The maximum Gasteiger partial charge on any atom is 0.336 e. The standard InChI is InChI=1S/C17H15NO3S/c1-11-7-14-13(9-17(19)21-15(14)8-12(11)2)10-22-16-5-3-4-6-18(16)20/h3-9H,10H2,1-2H3. The van der Waals surface area contributed by atoms with Crippen LogP contribution in [-0.2, 0) is 5.75 Å². The van der Waals surface area contributed by atoms with Gasteiger partial charge in [0.05, 0.1) is 0 Å². The summed E-state index contributed by atoms with van der Waals surface area (Å²) < 4.78 is 6.11. The minimum Gasteiger partial charge on any atom is -0.618 e. The average Bonchev–Trinajstić information content (AvgIpc) is 2.48. The van der Waals surface area contributed by atoms with Gasteiger partial charge in [-0.1, -0.05) is 11.8 Å². The third kappa shape index (κ3) is 2.85. The zero-order chi connectivity index (χ0) is 15.7. The highest BCUT2D eigenvalue weighted by Crippen LogP contribution is 2.26. The lowest BCUT2D eigenvalue weighted by molar-refractivity contribution is -0.645. The monoisotopic (exact) mass is 313 g/mol. The van der Waals surface area contributed by atoms with Crippen LogP contribution in [0.1, 0.15) is 16.7 Å². The molecule has 0 aliphatic carbocycles. The quantitative estimate of drug-likeness (QED) is 0.322. The van der Waals surface area contributed by atoms with Crippen molar-refractivity contribution in [3.63, 3.8) is 0 Å². The third-order valence-corrected chi connectivity index (χ3v) is 4.68. The number of aromatic nitrogens is 1. The normalized spacial score (nSPS) is 11.0. The Morgan fingerprint density at radius 3 is 2.73 bits per heavy atom. The lowest BCUT2D eigenvalue weighted by Gasteiger charge is -2.08. The van der Waals surface area contributed by atoms with Gasteiger partial charge in [-0.05, 0) is 48.7 Å². The summed E-state index contributed by atoms with van der Waals surface area (Å²) in [7, 11) is 0. The predicted octanol–water partition coefficient (Wildman–Crippen LogP) is 3.34. The van der Waals surface area contributed by atoms with Gasteiger partial charge in [-0.3, -0.25) is 0 Å². The first kappa shape index (κ1) is 14.7. The van der Waals surface area contributed by atoms with Crippen molar-refractivity contribution in [3.8, 4) is 0 Å². The van der Waals surface area contributed by atoms with E-state index < -0.39 is 0 Å². The highest BCUT2D eigenvalue weighted by molar-refractivity contribution is 7.98. The van der Waals surface area contributed by atoms with Gasteiger partial charge in [0, 0.05) is 29.3 Å². The van der Waals surface area contributed by atoms with Crippen LogP contribution in [0.15, 0.2) is 56.8 Å². The van der Waals surface area contributed by atoms with E-state index in [1.807, 2.05) is 32.0 Å². The van der Waals surface area contributed by atoms with Gasteiger partial charge in [-0.25, -0.2) is 4.79 Å². The molecule has 0 aliphatic heterocycles. The fourth-order valence-corrected chi connectivity index (χ4v) is 3.18. The van der Waals surface area contributed by atoms with Crippen molar-refractivity contribution >= 4 is 22.7 Å². The Kier molecular flexibility index (Phi) is 3.90. The molecule has 0 fully saturated rings. The fraction of sp³-hybridized carbons (Fsp3) is 0.176. The topological polar surface area (TPSA) is 57.2 Å². The molecule has 5 heteroatoms. The number of aryl methyl sites for hydroxylation is 2. The van der Waals surface area contributed by atoms with E-state index in [9.17, 15) is 10.0 Å². The van der Waals surface area contributed by atoms with E-state index in [2.05, 4.69) is 0 Å². The molecule has 0 aliphatic rings. The molecular formula is C17H15NO3S. The van der Waals surface area contributed by atoms with Crippen molar-refractivity contribution in [1.29, 1.82) is 0 Å². The van der Waals surface area contributed by atoms with Crippen molar-refractivity contribution in [2.24, 2.45) is 0 Å². The minimum atomic E-state index is -0.366. The van der Waals surface area contributed by atoms with Gasteiger partial charge >= 0.3 is 5.63 Å². The molecule has 0 atom stereocenters. The minimum absolute atomic E-state index is 0.366. The van der Waals surface area contributed by atoms with Crippen LogP contribution in [0.2, 0.25) is 0 Å². The molecule has 0 spiro atoms. The van der Waals surface area contributed by atoms with E-state index in [0.29, 0.717) is 16.4 Å².